The van der Waals surface area contributed by atoms with Crippen LogP contribution in [0.3, 0.4) is 0 Å². The van der Waals surface area contributed by atoms with E-state index in [9.17, 15) is 35.1 Å². The summed E-state index contributed by atoms with van der Waals surface area (Å²) in [5, 5.41) is 56.3. The Bertz CT molecular complexity index is 1230. The highest BCUT2D eigenvalue weighted by Crippen LogP contribution is 2.68. The standard InChI is InChI=1S/C34H48O8/c1-30(2,39)14-13-28(42-29(38)20-9-7-6-8-10-20)33(5,40)27-12-16-34(41)22-17-24(35)23-18-25(36)26(37)19-31(23,3)21(22)11-15-32(27,34)4/h6-10,17,21,23,25-28,36-37,39-41H,11-16,18-19H2,1-5H3/t21-,23-,25+,26-,27-,28+,31+,32+,33+,34+/m0/s1. The van der Waals surface area contributed by atoms with Crippen LogP contribution in [0.15, 0.2) is 42.0 Å². The highest BCUT2D eigenvalue weighted by molar-refractivity contribution is 5.95. The largest absolute Gasteiger partial charge is 0.456 e. The summed E-state index contributed by atoms with van der Waals surface area (Å²) in [4.78, 5) is 26.7. The van der Waals surface area contributed by atoms with Crippen molar-refractivity contribution < 1.29 is 39.9 Å². The van der Waals surface area contributed by atoms with Crippen molar-refractivity contribution in [1.29, 1.82) is 0 Å². The predicted molar refractivity (Wildman–Crippen MR) is 156 cm³/mol. The van der Waals surface area contributed by atoms with Gasteiger partial charge in [0.2, 0.25) is 0 Å². The first-order chi connectivity index (χ1) is 19.4. The minimum absolute atomic E-state index is 0.123. The second-order valence-corrected chi connectivity index (χ2v) is 14.9. The number of ketones is 1. The van der Waals surface area contributed by atoms with Crippen molar-refractivity contribution in [1.82, 2.24) is 0 Å². The summed E-state index contributed by atoms with van der Waals surface area (Å²) in [6.45, 7) is 9.00. The lowest BCUT2D eigenvalue weighted by molar-refractivity contribution is -0.177. The average Bonchev–Trinajstić information content (AvgIpc) is 3.20. The van der Waals surface area contributed by atoms with Crippen LogP contribution < -0.4 is 0 Å². The molecule has 0 heterocycles. The first-order valence-corrected chi connectivity index (χ1v) is 15.5. The molecule has 8 nitrogen and oxygen atoms in total. The number of carbonyl (C=O) groups is 2. The number of esters is 1. The first-order valence-electron chi connectivity index (χ1n) is 15.5. The van der Waals surface area contributed by atoms with Crippen LogP contribution in [-0.2, 0) is 9.53 Å². The Kier molecular flexibility index (Phi) is 7.84. The molecule has 0 saturated heterocycles. The second-order valence-electron chi connectivity index (χ2n) is 14.9. The van der Waals surface area contributed by atoms with E-state index >= 15 is 0 Å². The zero-order valence-corrected chi connectivity index (χ0v) is 25.5. The van der Waals surface area contributed by atoms with Gasteiger partial charge in [0.1, 0.15) is 11.7 Å². The molecule has 4 aliphatic rings. The van der Waals surface area contributed by atoms with Crippen LogP contribution in [0.1, 0.15) is 96.3 Å². The molecule has 0 spiro atoms. The van der Waals surface area contributed by atoms with E-state index in [0.717, 1.165) is 0 Å². The summed E-state index contributed by atoms with van der Waals surface area (Å²) in [5.74, 6) is -1.70. The van der Waals surface area contributed by atoms with Gasteiger partial charge in [-0.25, -0.2) is 4.79 Å². The lowest BCUT2D eigenvalue weighted by Gasteiger charge is -2.60. The average molecular weight is 585 g/mol. The van der Waals surface area contributed by atoms with E-state index < -0.39 is 63.8 Å². The molecule has 3 fully saturated rings. The summed E-state index contributed by atoms with van der Waals surface area (Å²) in [5.41, 5.74) is -4.30. The van der Waals surface area contributed by atoms with Crippen molar-refractivity contribution in [3.05, 3.63) is 47.5 Å². The number of rotatable bonds is 7. The Morgan fingerprint density at radius 3 is 2.33 bits per heavy atom. The maximum absolute atomic E-state index is 13.5. The van der Waals surface area contributed by atoms with Gasteiger partial charge in [-0.05, 0) is 113 Å². The summed E-state index contributed by atoms with van der Waals surface area (Å²) in [7, 11) is 0. The molecule has 5 N–H and O–H groups in total. The number of aliphatic hydroxyl groups is 5. The molecule has 0 radical (unpaired) electrons. The number of carbonyl (C=O) groups excluding carboxylic acids is 2. The fraction of sp³-hybridized carbons (Fsp3) is 0.706. The molecule has 5 rings (SSSR count). The third-order valence-electron chi connectivity index (χ3n) is 11.8. The Balaban J connectivity index is 1.48. The molecule has 232 valence electrons. The molecule has 1 aromatic rings. The van der Waals surface area contributed by atoms with Gasteiger partial charge in [0.05, 0.1) is 29.0 Å². The molecular formula is C34H48O8. The third-order valence-corrected chi connectivity index (χ3v) is 11.8. The normalized spacial score (nSPS) is 40.2. The maximum atomic E-state index is 13.5. The minimum atomic E-state index is -1.54. The van der Waals surface area contributed by atoms with Gasteiger partial charge >= 0.3 is 5.97 Å². The Morgan fingerprint density at radius 1 is 1.02 bits per heavy atom. The van der Waals surface area contributed by atoms with E-state index in [4.69, 9.17) is 4.74 Å². The van der Waals surface area contributed by atoms with Gasteiger partial charge < -0.3 is 30.3 Å². The molecule has 0 aliphatic heterocycles. The topological polar surface area (TPSA) is 145 Å². The smallest absolute Gasteiger partial charge is 0.338 e. The SMILES string of the molecule is CC(C)(O)CC[C@@H](OC(=O)c1ccccc1)[C@](C)(O)[C@H]1CC[C@@]2(O)C3=CC(=O)[C@@H]4C[C@@H](O)[C@@H](O)C[C@]4(C)[C@H]3CC[C@]12C. The van der Waals surface area contributed by atoms with Gasteiger partial charge in [-0.15, -0.1) is 0 Å². The second kappa shape index (κ2) is 10.5. The lowest BCUT2D eigenvalue weighted by atomic mass is 9.45. The van der Waals surface area contributed by atoms with Crippen LogP contribution >= 0.6 is 0 Å². The van der Waals surface area contributed by atoms with Crippen molar-refractivity contribution in [2.45, 2.75) is 121 Å². The van der Waals surface area contributed by atoms with E-state index in [1.807, 2.05) is 13.8 Å². The Hall–Kier alpha value is -2.10. The maximum Gasteiger partial charge on any atom is 0.338 e. The molecule has 8 heteroatoms. The van der Waals surface area contributed by atoms with Crippen LogP contribution in [0, 0.1) is 28.6 Å². The fourth-order valence-corrected chi connectivity index (χ4v) is 9.26. The van der Waals surface area contributed by atoms with E-state index in [-0.39, 0.29) is 31.0 Å². The van der Waals surface area contributed by atoms with Crippen LogP contribution in [0.25, 0.3) is 0 Å². The monoisotopic (exact) mass is 584 g/mol. The minimum Gasteiger partial charge on any atom is -0.456 e. The highest BCUT2D eigenvalue weighted by Gasteiger charge is 2.69. The van der Waals surface area contributed by atoms with E-state index in [2.05, 4.69) is 0 Å². The van der Waals surface area contributed by atoms with Gasteiger partial charge in [0.25, 0.3) is 0 Å². The van der Waals surface area contributed by atoms with Crippen LogP contribution in [-0.4, -0.2) is 72.4 Å². The van der Waals surface area contributed by atoms with Crippen molar-refractivity contribution >= 4 is 11.8 Å². The fourth-order valence-electron chi connectivity index (χ4n) is 9.26. The molecule has 0 unspecified atom stereocenters. The number of hydrogen-bond donors (Lipinski definition) is 5. The number of hydrogen-bond acceptors (Lipinski definition) is 8. The molecule has 1 aromatic carbocycles. The van der Waals surface area contributed by atoms with Crippen molar-refractivity contribution in [3.8, 4) is 0 Å². The number of aliphatic hydroxyl groups excluding tert-OH is 2. The predicted octanol–water partition coefficient (Wildman–Crippen LogP) is 3.72. The van der Waals surface area contributed by atoms with Gasteiger partial charge in [0, 0.05) is 11.3 Å². The molecule has 42 heavy (non-hydrogen) atoms. The van der Waals surface area contributed by atoms with E-state index in [1.165, 1.54) is 0 Å². The third kappa shape index (κ3) is 4.97. The number of fused-ring (bicyclic) bond motifs is 5. The van der Waals surface area contributed by atoms with E-state index in [0.29, 0.717) is 43.2 Å². The van der Waals surface area contributed by atoms with Gasteiger partial charge in [-0.1, -0.05) is 32.0 Å². The molecule has 3 saturated carbocycles. The van der Waals surface area contributed by atoms with Crippen molar-refractivity contribution in [2.24, 2.45) is 28.6 Å². The molecule has 0 aromatic heterocycles. The van der Waals surface area contributed by atoms with Crippen molar-refractivity contribution in [3.63, 3.8) is 0 Å². The zero-order valence-electron chi connectivity index (χ0n) is 25.5. The van der Waals surface area contributed by atoms with Crippen LogP contribution in [0.4, 0.5) is 0 Å². The molecule has 10 atom stereocenters. The quantitative estimate of drug-likeness (QED) is 0.305. The molecule has 4 aliphatic carbocycles. The molecule has 0 bridgehead atoms. The molecular weight excluding hydrogens is 536 g/mol. The summed E-state index contributed by atoms with van der Waals surface area (Å²) in [6.07, 6.45) is 1.84. The zero-order chi connectivity index (χ0) is 30.9. The Morgan fingerprint density at radius 2 is 1.69 bits per heavy atom. The highest BCUT2D eigenvalue weighted by atomic mass is 16.6. The van der Waals surface area contributed by atoms with Crippen LogP contribution in [0.2, 0.25) is 0 Å². The lowest BCUT2D eigenvalue weighted by Crippen LogP contribution is -2.63. The van der Waals surface area contributed by atoms with Crippen LogP contribution in [0.5, 0.6) is 0 Å². The number of ether oxygens (including phenoxy) is 1. The van der Waals surface area contributed by atoms with Gasteiger partial charge in [-0.2, -0.15) is 0 Å². The Labute approximate surface area is 248 Å². The van der Waals surface area contributed by atoms with Gasteiger partial charge in [0.15, 0.2) is 5.78 Å². The number of allylic oxidation sites excluding steroid dienone is 1. The number of benzene rings is 1. The summed E-state index contributed by atoms with van der Waals surface area (Å²) < 4.78 is 6.00. The first kappa shape index (κ1) is 31.3. The molecule has 0 amide bonds. The summed E-state index contributed by atoms with van der Waals surface area (Å²) in [6, 6.07) is 8.60. The van der Waals surface area contributed by atoms with E-state index in [1.54, 1.807) is 57.2 Å². The van der Waals surface area contributed by atoms with Crippen molar-refractivity contribution in [2.75, 3.05) is 0 Å². The summed E-state index contributed by atoms with van der Waals surface area (Å²) >= 11 is 0. The van der Waals surface area contributed by atoms with Gasteiger partial charge in [-0.3, -0.25) is 4.79 Å².